The van der Waals surface area contributed by atoms with Crippen LogP contribution in [0.15, 0.2) is 17.9 Å². The highest BCUT2D eigenvalue weighted by Crippen LogP contribution is 2.20. The maximum atomic E-state index is 10.2. The van der Waals surface area contributed by atoms with Crippen LogP contribution in [-0.2, 0) is 13.0 Å². The van der Waals surface area contributed by atoms with E-state index in [0.29, 0.717) is 6.42 Å². The zero-order valence-corrected chi connectivity index (χ0v) is 10.9. The molecule has 0 aliphatic rings. The highest BCUT2D eigenvalue weighted by atomic mass is 32.1. The predicted molar refractivity (Wildman–Crippen MR) is 68.0 cm³/mol. The molecule has 0 saturated heterocycles. The number of aliphatic hydroxyl groups is 1. The maximum Gasteiger partial charge on any atom is 0.102 e. The SMILES string of the molecule is CCCn1cncc1C(O)Cc1nc(C)cs1. The van der Waals surface area contributed by atoms with Gasteiger partial charge in [-0.2, -0.15) is 0 Å². The molecule has 2 rings (SSSR count). The maximum absolute atomic E-state index is 10.2. The summed E-state index contributed by atoms with van der Waals surface area (Å²) in [6, 6.07) is 0. The summed E-state index contributed by atoms with van der Waals surface area (Å²) in [5.41, 5.74) is 1.89. The molecule has 0 aromatic carbocycles. The van der Waals surface area contributed by atoms with Crippen molar-refractivity contribution in [3.05, 3.63) is 34.3 Å². The number of hydrogen-bond donors (Lipinski definition) is 1. The number of imidazole rings is 1. The largest absolute Gasteiger partial charge is 0.386 e. The van der Waals surface area contributed by atoms with Gasteiger partial charge in [0.2, 0.25) is 0 Å². The first-order valence-corrected chi connectivity index (χ1v) is 6.67. The molecule has 1 unspecified atom stereocenters. The molecule has 5 heteroatoms. The average Bonchev–Trinajstić information content (AvgIpc) is 2.88. The van der Waals surface area contributed by atoms with Crippen molar-refractivity contribution in [2.45, 2.75) is 39.3 Å². The second-order valence-electron chi connectivity index (χ2n) is 4.11. The minimum Gasteiger partial charge on any atom is -0.386 e. The summed E-state index contributed by atoms with van der Waals surface area (Å²) in [7, 11) is 0. The van der Waals surface area contributed by atoms with E-state index in [1.165, 1.54) is 0 Å². The Labute approximate surface area is 105 Å². The van der Waals surface area contributed by atoms with Gasteiger partial charge >= 0.3 is 0 Å². The van der Waals surface area contributed by atoms with Crippen LogP contribution in [0.5, 0.6) is 0 Å². The molecule has 2 heterocycles. The monoisotopic (exact) mass is 251 g/mol. The number of aromatic nitrogens is 3. The third-order valence-electron chi connectivity index (χ3n) is 2.58. The molecule has 0 amide bonds. The third-order valence-corrected chi connectivity index (χ3v) is 3.57. The minimum atomic E-state index is -0.519. The van der Waals surface area contributed by atoms with E-state index in [9.17, 15) is 5.11 Å². The molecular weight excluding hydrogens is 234 g/mol. The van der Waals surface area contributed by atoms with Gasteiger partial charge in [0.1, 0.15) is 6.10 Å². The van der Waals surface area contributed by atoms with Crippen LogP contribution in [0.2, 0.25) is 0 Å². The summed E-state index contributed by atoms with van der Waals surface area (Å²) in [5.74, 6) is 0. The molecule has 0 aliphatic heterocycles. The standard InChI is InChI=1S/C12H17N3OS/c1-3-4-15-8-13-6-10(15)11(16)5-12-14-9(2)7-17-12/h6-8,11,16H,3-5H2,1-2H3. The van der Waals surface area contributed by atoms with E-state index in [0.717, 1.165) is 29.4 Å². The predicted octanol–water partition coefficient (Wildman–Crippen LogP) is 2.33. The van der Waals surface area contributed by atoms with Gasteiger partial charge in [-0.25, -0.2) is 9.97 Å². The Morgan fingerprint density at radius 1 is 1.53 bits per heavy atom. The first-order valence-electron chi connectivity index (χ1n) is 5.79. The zero-order chi connectivity index (χ0) is 12.3. The molecular formula is C12H17N3OS. The second kappa shape index (κ2) is 5.42. The molecule has 1 N–H and O–H groups in total. The van der Waals surface area contributed by atoms with Crippen molar-refractivity contribution in [3.8, 4) is 0 Å². The molecule has 0 radical (unpaired) electrons. The molecule has 2 aromatic heterocycles. The van der Waals surface area contributed by atoms with Gasteiger partial charge < -0.3 is 9.67 Å². The normalized spacial score (nSPS) is 12.9. The zero-order valence-electron chi connectivity index (χ0n) is 10.1. The van der Waals surface area contributed by atoms with Crippen LogP contribution in [0.25, 0.3) is 0 Å². The molecule has 4 nitrogen and oxygen atoms in total. The van der Waals surface area contributed by atoms with Gasteiger partial charge in [0.25, 0.3) is 0 Å². The van der Waals surface area contributed by atoms with Gasteiger partial charge in [-0.15, -0.1) is 11.3 Å². The van der Waals surface area contributed by atoms with Gasteiger partial charge in [-0.05, 0) is 13.3 Å². The smallest absolute Gasteiger partial charge is 0.102 e. The fourth-order valence-electron chi connectivity index (χ4n) is 1.80. The molecule has 2 aromatic rings. The van der Waals surface area contributed by atoms with E-state index in [-0.39, 0.29) is 0 Å². The Morgan fingerprint density at radius 2 is 2.35 bits per heavy atom. The van der Waals surface area contributed by atoms with E-state index < -0.39 is 6.10 Å². The lowest BCUT2D eigenvalue weighted by molar-refractivity contribution is 0.168. The Morgan fingerprint density at radius 3 is 3.00 bits per heavy atom. The van der Waals surface area contributed by atoms with Crippen molar-refractivity contribution >= 4 is 11.3 Å². The molecule has 92 valence electrons. The number of rotatable bonds is 5. The number of hydrogen-bond acceptors (Lipinski definition) is 4. The van der Waals surface area contributed by atoms with Crippen molar-refractivity contribution in [3.63, 3.8) is 0 Å². The van der Waals surface area contributed by atoms with Crippen LogP contribution >= 0.6 is 11.3 Å². The van der Waals surface area contributed by atoms with Crippen molar-refractivity contribution in [2.24, 2.45) is 0 Å². The number of nitrogens with zero attached hydrogens (tertiary/aromatic N) is 3. The first kappa shape index (κ1) is 12.3. The van der Waals surface area contributed by atoms with Crippen molar-refractivity contribution in [1.82, 2.24) is 14.5 Å². The van der Waals surface area contributed by atoms with Crippen LogP contribution in [0, 0.1) is 6.92 Å². The third kappa shape index (κ3) is 2.92. The fourth-order valence-corrected chi connectivity index (χ4v) is 2.61. The minimum absolute atomic E-state index is 0.519. The Hall–Kier alpha value is -1.20. The van der Waals surface area contributed by atoms with Crippen LogP contribution in [-0.4, -0.2) is 19.6 Å². The van der Waals surface area contributed by atoms with Gasteiger partial charge in [0.05, 0.1) is 23.2 Å². The molecule has 1 atom stereocenters. The molecule has 0 saturated carbocycles. The Bertz CT molecular complexity index is 478. The van der Waals surface area contributed by atoms with Crippen LogP contribution < -0.4 is 0 Å². The first-order chi connectivity index (χ1) is 8.20. The van der Waals surface area contributed by atoms with Gasteiger partial charge in [0, 0.05) is 24.0 Å². The summed E-state index contributed by atoms with van der Waals surface area (Å²) in [6.07, 6.45) is 4.59. The lowest BCUT2D eigenvalue weighted by Gasteiger charge is -2.11. The van der Waals surface area contributed by atoms with Gasteiger partial charge in [-0.1, -0.05) is 6.92 Å². The second-order valence-corrected chi connectivity index (χ2v) is 5.06. The van der Waals surface area contributed by atoms with Crippen LogP contribution in [0.4, 0.5) is 0 Å². The van der Waals surface area contributed by atoms with Crippen molar-refractivity contribution in [2.75, 3.05) is 0 Å². The number of aliphatic hydroxyl groups excluding tert-OH is 1. The average molecular weight is 251 g/mol. The van der Waals surface area contributed by atoms with E-state index >= 15 is 0 Å². The topological polar surface area (TPSA) is 50.9 Å². The summed E-state index contributed by atoms with van der Waals surface area (Å²) in [6.45, 7) is 4.97. The van der Waals surface area contributed by atoms with Crippen LogP contribution in [0.3, 0.4) is 0 Å². The lowest BCUT2D eigenvalue weighted by atomic mass is 10.2. The van der Waals surface area contributed by atoms with Gasteiger partial charge in [0.15, 0.2) is 0 Å². The van der Waals surface area contributed by atoms with Crippen molar-refractivity contribution in [1.29, 1.82) is 0 Å². The molecule has 0 aliphatic carbocycles. The van der Waals surface area contributed by atoms with Gasteiger partial charge in [-0.3, -0.25) is 0 Å². The summed E-state index contributed by atoms with van der Waals surface area (Å²) >= 11 is 1.59. The van der Waals surface area contributed by atoms with E-state index in [4.69, 9.17) is 0 Å². The van der Waals surface area contributed by atoms with E-state index in [2.05, 4.69) is 16.9 Å². The van der Waals surface area contributed by atoms with Crippen molar-refractivity contribution < 1.29 is 5.11 Å². The number of aryl methyl sites for hydroxylation is 2. The summed E-state index contributed by atoms with van der Waals surface area (Å²) in [4.78, 5) is 8.46. The van der Waals surface area contributed by atoms with E-state index in [1.54, 1.807) is 23.9 Å². The summed E-state index contributed by atoms with van der Waals surface area (Å²) in [5, 5.41) is 13.2. The highest BCUT2D eigenvalue weighted by molar-refractivity contribution is 7.09. The quantitative estimate of drug-likeness (QED) is 0.887. The number of thiazole rings is 1. The van der Waals surface area contributed by atoms with E-state index in [1.807, 2.05) is 16.9 Å². The Kier molecular flexibility index (Phi) is 3.91. The molecule has 0 fully saturated rings. The Balaban J connectivity index is 2.08. The molecule has 0 bridgehead atoms. The highest BCUT2D eigenvalue weighted by Gasteiger charge is 2.14. The molecule has 0 spiro atoms. The fraction of sp³-hybridized carbons (Fsp3) is 0.500. The summed E-state index contributed by atoms with van der Waals surface area (Å²) < 4.78 is 2.01. The lowest BCUT2D eigenvalue weighted by Crippen LogP contribution is -2.09. The molecule has 17 heavy (non-hydrogen) atoms. The van der Waals surface area contributed by atoms with Crippen LogP contribution in [0.1, 0.15) is 35.8 Å².